The van der Waals surface area contributed by atoms with Crippen LogP contribution in [0.3, 0.4) is 0 Å². The topological polar surface area (TPSA) is 73.1 Å². The summed E-state index contributed by atoms with van der Waals surface area (Å²) in [5.74, 6) is -1.05. The molecule has 1 aliphatic heterocycles. The van der Waals surface area contributed by atoms with Gasteiger partial charge in [-0.15, -0.1) is 10.2 Å². The van der Waals surface area contributed by atoms with E-state index in [0.717, 1.165) is 17.7 Å². The van der Waals surface area contributed by atoms with Crippen molar-refractivity contribution < 1.29 is 18.3 Å². The summed E-state index contributed by atoms with van der Waals surface area (Å²) in [4.78, 5) is 16.2. The molecule has 1 atom stereocenters. The van der Waals surface area contributed by atoms with Crippen LogP contribution in [0.2, 0.25) is 5.02 Å². The first-order chi connectivity index (χ1) is 15.4. The quantitative estimate of drug-likeness (QED) is 0.547. The van der Waals surface area contributed by atoms with Crippen LogP contribution in [0.4, 0.5) is 8.78 Å². The molecule has 1 saturated heterocycles. The molecule has 2 aromatic carbocycles. The van der Waals surface area contributed by atoms with Gasteiger partial charge in [0.2, 0.25) is 11.7 Å². The van der Waals surface area contributed by atoms with Gasteiger partial charge >= 0.3 is 0 Å². The molecule has 0 spiro atoms. The Bertz CT molecular complexity index is 1080. The van der Waals surface area contributed by atoms with Crippen molar-refractivity contribution in [2.75, 3.05) is 13.1 Å². The van der Waals surface area contributed by atoms with Gasteiger partial charge in [-0.25, -0.2) is 8.78 Å². The summed E-state index contributed by atoms with van der Waals surface area (Å²) in [5, 5.41) is 13.2. The smallest absolute Gasteiger partial charge is 0.249 e. The van der Waals surface area contributed by atoms with Gasteiger partial charge in [-0.3, -0.25) is 4.79 Å². The SMILES string of the molecule is CCC(C(=O)N1CCC(Oc2ccc(F)cc2F)CC1)n1nnc(-c2ccc(Cl)cc2)n1. The molecule has 1 aliphatic rings. The molecule has 4 rings (SSSR count). The van der Waals surface area contributed by atoms with Crippen LogP contribution in [0.15, 0.2) is 42.5 Å². The van der Waals surface area contributed by atoms with Crippen molar-refractivity contribution in [3.05, 3.63) is 59.1 Å². The van der Waals surface area contributed by atoms with Gasteiger partial charge in [0.1, 0.15) is 11.9 Å². The number of amides is 1. The van der Waals surface area contributed by atoms with Crippen LogP contribution in [-0.2, 0) is 4.79 Å². The fourth-order valence-electron chi connectivity index (χ4n) is 3.66. The molecular weight excluding hydrogens is 440 g/mol. The number of hydrogen-bond donors (Lipinski definition) is 0. The van der Waals surface area contributed by atoms with Gasteiger partial charge in [0, 0.05) is 42.6 Å². The molecule has 3 aromatic rings. The normalized spacial score (nSPS) is 15.6. The first-order valence-corrected chi connectivity index (χ1v) is 10.8. The van der Waals surface area contributed by atoms with Gasteiger partial charge in [-0.05, 0) is 48.0 Å². The average Bonchev–Trinajstić information content (AvgIpc) is 3.27. The van der Waals surface area contributed by atoms with Crippen molar-refractivity contribution in [3.8, 4) is 17.1 Å². The summed E-state index contributed by atoms with van der Waals surface area (Å²) in [6.07, 6.45) is 1.34. The van der Waals surface area contributed by atoms with E-state index in [4.69, 9.17) is 16.3 Å². The predicted octanol–water partition coefficient (Wildman–Crippen LogP) is 4.29. The van der Waals surface area contributed by atoms with E-state index in [1.807, 2.05) is 6.92 Å². The highest BCUT2D eigenvalue weighted by Gasteiger charge is 2.31. The monoisotopic (exact) mass is 461 g/mol. The van der Waals surface area contributed by atoms with E-state index in [-0.39, 0.29) is 17.8 Å². The van der Waals surface area contributed by atoms with E-state index in [9.17, 15) is 13.6 Å². The fraction of sp³-hybridized carbons (Fsp3) is 0.364. The van der Waals surface area contributed by atoms with Gasteiger partial charge in [0.25, 0.3) is 0 Å². The second-order valence-electron chi connectivity index (χ2n) is 7.58. The highest BCUT2D eigenvalue weighted by Crippen LogP contribution is 2.25. The molecule has 168 valence electrons. The van der Waals surface area contributed by atoms with E-state index < -0.39 is 17.7 Å². The Kier molecular flexibility index (Phi) is 6.64. The van der Waals surface area contributed by atoms with Crippen molar-refractivity contribution in [2.45, 2.75) is 38.3 Å². The lowest BCUT2D eigenvalue weighted by molar-refractivity contribution is -0.137. The zero-order valence-electron chi connectivity index (χ0n) is 17.4. The average molecular weight is 462 g/mol. The molecule has 0 saturated carbocycles. The zero-order chi connectivity index (χ0) is 22.7. The maximum atomic E-state index is 13.8. The molecule has 2 heterocycles. The Morgan fingerprint density at radius 1 is 1.19 bits per heavy atom. The molecule has 1 unspecified atom stereocenters. The van der Waals surface area contributed by atoms with Gasteiger partial charge in [-0.1, -0.05) is 18.5 Å². The number of piperidine rings is 1. The number of rotatable bonds is 6. The van der Waals surface area contributed by atoms with Crippen molar-refractivity contribution in [3.63, 3.8) is 0 Å². The summed E-state index contributed by atoms with van der Waals surface area (Å²) in [6, 6.07) is 9.73. The molecule has 7 nitrogen and oxygen atoms in total. The highest BCUT2D eigenvalue weighted by molar-refractivity contribution is 6.30. The van der Waals surface area contributed by atoms with Crippen LogP contribution in [0.25, 0.3) is 11.4 Å². The minimum absolute atomic E-state index is 0.0177. The third-order valence-corrected chi connectivity index (χ3v) is 5.67. The van der Waals surface area contributed by atoms with Gasteiger partial charge < -0.3 is 9.64 Å². The van der Waals surface area contributed by atoms with Gasteiger partial charge in [-0.2, -0.15) is 4.80 Å². The molecule has 1 fully saturated rings. The lowest BCUT2D eigenvalue weighted by Gasteiger charge is -2.33. The summed E-state index contributed by atoms with van der Waals surface area (Å²) < 4.78 is 32.6. The van der Waals surface area contributed by atoms with E-state index in [0.29, 0.717) is 43.2 Å². The first kappa shape index (κ1) is 22.1. The van der Waals surface area contributed by atoms with E-state index >= 15 is 0 Å². The molecule has 0 radical (unpaired) electrons. The number of tetrazole rings is 1. The van der Waals surface area contributed by atoms with Crippen LogP contribution < -0.4 is 4.74 Å². The number of likely N-dealkylation sites (tertiary alicyclic amines) is 1. The van der Waals surface area contributed by atoms with E-state index in [2.05, 4.69) is 15.4 Å². The second-order valence-corrected chi connectivity index (χ2v) is 8.02. The second kappa shape index (κ2) is 9.60. The number of ether oxygens (including phenoxy) is 1. The summed E-state index contributed by atoms with van der Waals surface area (Å²) in [5.41, 5.74) is 0.758. The minimum atomic E-state index is -0.733. The number of halogens is 3. The molecule has 0 bridgehead atoms. The fourth-order valence-corrected chi connectivity index (χ4v) is 3.79. The highest BCUT2D eigenvalue weighted by atomic mass is 35.5. The number of nitrogens with zero attached hydrogens (tertiary/aromatic N) is 5. The van der Waals surface area contributed by atoms with Crippen molar-refractivity contribution >= 4 is 17.5 Å². The molecule has 10 heteroatoms. The maximum absolute atomic E-state index is 13.8. The number of carbonyl (C=O) groups excluding carboxylic acids is 1. The molecule has 32 heavy (non-hydrogen) atoms. The first-order valence-electron chi connectivity index (χ1n) is 10.4. The van der Waals surface area contributed by atoms with Crippen LogP contribution in [0.1, 0.15) is 32.2 Å². The number of carbonyl (C=O) groups is 1. The largest absolute Gasteiger partial charge is 0.487 e. The predicted molar refractivity (Wildman–Crippen MR) is 114 cm³/mol. The Hall–Kier alpha value is -3.07. The third-order valence-electron chi connectivity index (χ3n) is 5.42. The number of hydrogen-bond acceptors (Lipinski definition) is 5. The van der Waals surface area contributed by atoms with Crippen LogP contribution >= 0.6 is 11.6 Å². The lowest BCUT2D eigenvalue weighted by Crippen LogP contribution is -2.45. The maximum Gasteiger partial charge on any atom is 0.249 e. The van der Waals surface area contributed by atoms with Crippen molar-refractivity contribution in [1.82, 2.24) is 25.1 Å². The van der Waals surface area contributed by atoms with Gasteiger partial charge in [0.15, 0.2) is 17.6 Å². The number of benzene rings is 2. The zero-order valence-corrected chi connectivity index (χ0v) is 18.2. The summed E-state index contributed by atoms with van der Waals surface area (Å²) in [7, 11) is 0. The van der Waals surface area contributed by atoms with Crippen LogP contribution in [0, 0.1) is 11.6 Å². The van der Waals surface area contributed by atoms with Crippen LogP contribution in [-0.4, -0.2) is 50.2 Å². The molecule has 0 aliphatic carbocycles. The Balaban J connectivity index is 1.38. The Morgan fingerprint density at radius 3 is 2.56 bits per heavy atom. The molecular formula is C22H22ClF2N5O2. The van der Waals surface area contributed by atoms with Crippen molar-refractivity contribution in [1.29, 1.82) is 0 Å². The number of aromatic nitrogens is 4. The molecule has 1 aromatic heterocycles. The standard InChI is InChI=1S/C22H22ClF2N5O2/c1-2-19(30-27-21(26-28-30)14-3-5-15(23)6-4-14)22(31)29-11-9-17(10-12-29)32-20-8-7-16(24)13-18(20)25/h3-8,13,17,19H,2,9-12H2,1H3. The minimum Gasteiger partial charge on any atom is -0.487 e. The lowest BCUT2D eigenvalue weighted by atomic mass is 10.1. The summed E-state index contributed by atoms with van der Waals surface area (Å²) in [6.45, 7) is 2.81. The third kappa shape index (κ3) is 4.88. The molecule has 1 amide bonds. The van der Waals surface area contributed by atoms with Crippen molar-refractivity contribution in [2.24, 2.45) is 0 Å². The van der Waals surface area contributed by atoms with Crippen LogP contribution in [0.5, 0.6) is 5.75 Å². The van der Waals surface area contributed by atoms with E-state index in [1.165, 1.54) is 10.9 Å². The Morgan fingerprint density at radius 2 is 1.91 bits per heavy atom. The summed E-state index contributed by atoms with van der Waals surface area (Å²) >= 11 is 5.92. The Labute approximate surface area is 188 Å². The van der Waals surface area contributed by atoms with E-state index in [1.54, 1.807) is 29.2 Å². The molecule has 0 N–H and O–H groups in total. The van der Waals surface area contributed by atoms with Gasteiger partial charge in [0.05, 0.1) is 0 Å².